The van der Waals surface area contributed by atoms with Crippen LogP contribution in [0.1, 0.15) is 53.0 Å². The van der Waals surface area contributed by atoms with Crippen molar-refractivity contribution >= 4 is 5.91 Å². The van der Waals surface area contributed by atoms with Gasteiger partial charge in [0.15, 0.2) is 0 Å². The first-order chi connectivity index (χ1) is 14.1. The van der Waals surface area contributed by atoms with E-state index in [0.29, 0.717) is 12.1 Å². The van der Waals surface area contributed by atoms with E-state index in [2.05, 4.69) is 4.98 Å². The number of nitrogens with zero attached hydrogens (tertiary/aromatic N) is 3. The van der Waals surface area contributed by atoms with E-state index >= 15 is 0 Å². The summed E-state index contributed by atoms with van der Waals surface area (Å²) in [5, 5.41) is 0. The average molecular weight is 387 g/mol. The van der Waals surface area contributed by atoms with Crippen LogP contribution < -0.4 is 5.56 Å². The number of aryl methyl sites for hydroxylation is 1. The second-order valence-electron chi connectivity index (χ2n) is 7.66. The van der Waals surface area contributed by atoms with Crippen LogP contribution >= 0.6 is 0 Å². The number of aromatic nitrogens is 2. The summed E-state index contributed by atoms with van der Waals surface area (Å²) in [4.78, 5) is 33.0. The molecule has 2 aromatic heterocycles. The van der Waals surface area contributed by atoms with Crippen LogP contribution in [0.2, 0.25) is 0 Å². The third-order valence-corrected chi connectivity index (χ3v) is 5.55. The van der Waals surface area contributed by atoms with Crippen molar-refractivity contribution in [3.05, 3.63) is 99.7 Å². The smallest absolute Gasteiger partial charge is 0.264 e. The standard InChI is InChI=1S/C24H25N3O2/c1-17-13-15-26(18(2)19-8-4-3-5-9-19)23(28)22(17)24(29)27(21-11-12-21)16-20-10-6-7-14-25-20/h3-10,13-15,18,21H,11-12,16H2,1-2H3. The minimum atomic E-state index is -0.238. The van der Waals surface area contributed by atoms with E-state index < -0.39 is 0 Å². The highest BCUT2D eigenvalue weighted by Crippen LogP contribution is 2.29. The van der Waals surface area contributed by atoms with Crippen LogP contribution in [0, 0.1) is 6.92 Å². The molecule has 0 N–H and O–H groups in total. The van der Waals surface area contributed by atoms with E-state index in [1.165, 1.54) is 0 Å². The third-order valence-electron chi connectivity index (χ3n) is 5.55. The first kappa shape index (κ1) is 19.1. The van der Waals surface area contributed by atoms with Gasteiger partial charge < -0.3 is 9.47 Å². The predicted molar refractivity (Wildman–Crippen MR) is 113 cm³/mol. The van der Waals surface area contributed by atoms with Crippen LogP contribution in [-0.4, -0.2) is 26.4 Å². The second kappa shape index (κ2) is 8.03. The van der Waals surface area contributed by atoms with E-state index in [1.54, 1.807) is 17.0 Å². The molecule has 1 atom stereocenters. The third kappa shape index (κ3) is 3.99. The van der Waals surface area contributed by atoms with Gasteiger partial charge in [-0.2, -0.15) is 0 Å². The Morgan fingerprint density at radius 2 is 1.86 bits per heavy atom. The van der Waals surface area contributed by atoms with Gasteiger partial charge in [-0.1, -0.05) is 36.4 Å². The first-order valence-corrected chi connectivity index (χ1v) is 10.0. The van der Waals surface area contributed by atoms with Gasteiger partial charge in [0.2, 0.25) is 0 Å². The monoisotopic (exact) mass is 387 g/mol. The zero-order valence-electron chi connectivity index (χ0n) is 16.8. The Balaban J connectivity index is 1.70. The maximum atomic E-state index is 13.5. The summed E-state index contributed by atoms with van der Waals surface area (Å²) in [5.74, 6) is -0.199. The Morgan fingerprint density at radius 1 is 1.14 bits per heavy atom. The Hall–Kier alpha value is -3.21. The molecule has 0 saturated heterocycles. The summed E-state index contributed by atoms with van der Waals surface area (Å²) < 4.78 is 1.65. The Morgan fingerprint density at radius 3 is 2.52 bits per heavy atom. The summed E-state index contributed by atoms with van der Waals surface area (Å²) in [7, 11) is 0. The number of amides is 1. The molecule has 1 fully saturated rings. The molecule has 0 aliphatic heterocycles. The molecule has 0 bridgehead atoms. The Labute approximate surface area is 170 Å². The molecule has 1 aliphatic rings. The molecule has 5 heteroatoms. The van der Waals surface area contributed by atoms with Gasteiger partial charge in [-0.05, 0) is 56.0 Å². The number of pyridine rings is 2. The van der Waals surface area contributed by atoms with Crippen molar-refractivity contribution in [1.82, 2.24) is 14.5 Å². The zero-order valence-corrected chi connectivity index (χ0v) is 16.8. The summed E-state index contributed by atoms with van der Waals surface area (Å²) in [5.41, 5.74) is 2.60. The van der Waals surface area contributed by atoms with E-state index in [1.807, 2.05) is 73.3 Å². The van der Waals surface area contributed by atoms with Gasteiger partial charge in [0.1, 0.15) is 5.56 Å². The fourth-order valence-corrected chi connectivity index (χ4v) is 3.66. The lowest BCUT2D eigenvalue weighted by Gasteiger charge is -2.24. The Bertz CT molecular complexity index is 1060. The van der Waals surface area contributed by atoms with Gasteiger partial charge in [-0.15, -0.1) is 0 Å². The van der Waals surface area contributed by atoms with Crippen LogP contribution in [0.15, 0.2) is 71.8 Å². The lowest BCUT2D eigenvalue weighted by molar-refractivity contribution is 0.0724. The maximum Gasteiger partial charge on any atom is 0.264 e. The van der Waals surface area contributed by atoms with Gasteiger partial charge >= 0.3 is 0 Å². The van der Waals surface area contributed by atoms with E-state index in [-0.39, 0.29) is 29.1 Å². The van der Waals surface area contributed by atoms with Crippen molar-refractivity contribution in [3.8, 4) is 0 Å². The number of hydrogen-bond acceptors (Lipinski definition) is 3. The quantitative estimate of drug-likeness (QED) is 0.643. The molecule has 5 nitrogen and oxygen atoms in total. The van der Waals surface area contributed by atoms with Gasteiger partial charge in [-0.25, -0.2) is 0 Å². The molecule has 148 valence electrons. The van der Waals surface area contributed by atoms with Gasteiger partial charge in [0, 0.05) is 18.4 Å². The molecule has 1 saturated carbocycles. The second-order valence-corrected chi connectivity index (χ2v) is 7.66. The number of rotatable bonds is 6. The topological polar surface area (TPSA) is 55.2 Å². The summed E-state index contributed by atoms with van der Waals surface area (Å²) in [6, 6.07) is 17.4. The fourth-order valence-electron chi connectivity index (χ4n) is 3.66. The van der Waals surface area contributed by atoms with Crippen molar-refractivity contribution in [3.63, 3.8) is 0 Å². The largest absolute Gasteiger partial charge is 0.330 e. The number of benzene rings is 1. The minimum Gasteiger partial charge on any atom is -0.330 e. The molecule has 1 unspecified atom stereocenters. The normalized spacial score (nSPS) is 14.4. The number of carbonyl (C=O) groups excluding carboxylic acids is 1. The van der Waals surface area contributed by atoms with Gasteiger partial charge in [0.05, 0.1) is 18.3 Å². The van der Waals surface area contributed by atoms with Crippen molar-refractivity contribution in [2.75, 3.05) is 0 Å². The van der Waals surface area contributed by atoms with Gasteiger partial charge in [0.25, 0.3) is 11.5 Å². The van der Waals surface area contributed by atoms with Crippen molar-refractivity contribution in [1.29, 1.82) is 0 Å². The maximum absolute atomic E-state index is 13.5. The molecular weight excluding hydrogens is 362 g/mol. The molecule has 1 amide bonds. The first-order valence-electron chi connectivity index (χ1n) is 10.0. The van der Waals surface area contributed by atoms with E-state index in [9.17, 15) is 9.59 Å². The van der Waals surface area contributed by atoms with Crippen molar-refractivity contribution in [2.45, 2.75) is 45.3 Å². The van der Waals surface area contributed by atoms with Crippen LogP contribution in [0.4, 0.5) is 0 Å². The highest BCUT2D eigenvalue weighted by atomic mass is 16.2. The highest BCUT2D eigenvalue weighted by Gasteiger charge is 2.35. The Kier molecular flexibility index (Phi) is 5.30. The van der Waals surface area contributed by atoms with Crippen molar-refractivity contribution in [2.24, 2.45) is 0 Å². The SMILES string of the molecule is Cc1ccn(C(C)c2ccccc2)c(=O)c1C(=O)N(Cc1ccccn1)C1CC1. The molecule has 0 spiro atoms. The molecular formula is C24H25N3O2. The summed E-state index contributed by atoms with van der Waals surface area (Å²) >= 11 is 0. The molecule has 29 heavy (non-hydrogen) atoms. The molecule has 0 radical (unpaired) electrons. The molecule has 4 rings (SSSR count). The molecule has 3 aromatic rings. The van der Waals surface area contributed by atoms with Crippen LogP contribution in [0.25, 0.3) is 0 Å². The predicted octanol–water partition coefficient (Wildman–Crippen LogP) is 3.97. The average Bonchev–Trinajstić information content (AvgIpc) is 3.58. The van der Waals surface area contributed by atoms with Gasteiger partial charge in [-0.3, -0.25) is 14.6 Å². The van der Waals surface area contributed by atoms with Crippen LogP contribution in [0.5, 0.6) is 0 Å². The molecule has 1 aromatic carbocycles. The van der Waals surface area contributed by atoms with Crippen molar-refractivity contribution < 1.29 is 4.79 Å². The molecule has 1 aliphatic carbocycles. The minimum absolute atomic E-state index is 0.152. The summed E-state index contributed by atoms with van der Waals surface area (Å²) in [6.45, 7) is 4.23. The number of hydrogen-bond donors (Lipinski definition) is 0. The number of carbonyl (C=O) groups is 1. The fraction of sp³-hybridized carbons (Fsp3) is 0.292. The van der Waals surface area contributed by atoms with E-state index in [0.717, 1.165) is 24.1 Å². The molecule has 2 heterocycles. The lowest BCUT2D eigenvalue weighted by atomic mass is 10.1. The van der Waals surface area contributed by atoms with Crippen LogP contribution in [0.3, 0.4) is 0 Å². The summed E-state index contributed by atoms with van der Waals surface area (Å²) in [6.07, 6.45) is 5.46. The van der Waals surface area contributed by atoms with E-state index in [4.69, 9.17) is 0 Å². The highest BCUT2D eigenvalue weighted by molar-refractivity contribution is 5.95. The lowest BCUT2D eigenvalue weighted by Crippen LogP contribution is -2.39. The zero-order chi connectivity index (χ0) is 20.4. The van der Waals surface area contributed by atoms with Crippen LogP contribution in [-0.2, 0) is 6.54 Å².